The molecule has 0 spiro atoms. The predicted molar refractivity (Wildman–Crippen MR) is 115 cm³/mol. The summed E-state index contributed by atoms with van der Waals surface area (Å²) in [5, 5.41) is 3.72. The van der Waals surface area contributed by atoms with Crippen molar-refractivity contribution in [3.8, 4) is 5.75 Å². The van der Waals surface area contributed by atoms with Crippen LogP contribution in [0.4, 0.5) is 5.69 Å². The highest BCUT2D eigenvalue weighted by atomic mass is 35.5. The fraction of sp³-hybridized carbons (Fsp3) is 0.278. The highest BCUT2D eigenvalue weighted by Gasteiger charge is 2.24. The number of ether oxygens (including phenoxy) is 1. The summed E-state index contributed by atoms with van der Waals surface area (Å²) in [6.07, 6.45) is 1.02. The van der Waals surface area contributed by atoms with Crippen molar-refractivity contribution in [2.45, 2.75) is 4.90 Å². The van der Waals surface area contributed by atoms with Gasteiger partial charge in [-0.3, -0.25) is 9.10 Å². The molecule has 0 aliphatic rings. The van der Waals surface area contributed by atoms with Crippen molar-refractivity contribution in [1.82, 2.24) is 5.32 Å². The molecule has 1 amide bonds. The van der Waals surface area contributed by atoms with Gasteiger partial charge in [0.15, 0.2) is 0 Å². The maximum atomic E-state index is 12.3. The summed E-state index contributed by atoms with van der Waals surface area (Å²) in [5.74, 6) is 0.511. The van der Waals surface area contributed by atoms with Crippen molar-refractivity contribution >= 4 is 56.6 Å². The van der Waals surface area contributed by atoms with Crippen LogP contribution in [0.1, 0.15) is 0 Å². The van der Waals surface area contributed by atoms with Gasteiger partial charge < -0.3 is 10.1 Å². The Balaban J connectivity index is 1.98. The van der Waals surface area contributed by atoms with Gasteiger partial charge in [0, 0.05) is 27.2 Å². The Hall–Kier alpha value is -1.61. The van der Waals surface area contributed by atoms with Crippen molar-refractivity contribution in [2.75, 3.05) is 36.5 Å². The first-order chi connectivity index (χ1) is 13.2. The summed E-state index contributed by atoms with van der Waals surface area (Å²) in [6.45, 7) is 0.0115. The molecule has 0 aromatic heterocycles. The molecule has 2 rings (SSSR count). The molecule has 0 saturated carbocycles. The number of methoxy groups -OCH3 is 1. The highest BCUT2D eigenvalue weighted by Crippen LogP contribution is 2.32. The summed E-state index contributed by atoms with van der Waals surface area (Å²) in [5.41, 5.74) is 0.211. The number of rotatable bonds is 9. The monoisotopic (exact) mass is 462 g/mol. The van der Waals surface area contributed by atoms with E-state index in [0.29, 0.717) is 28.1 Å². The van der Waals surface area contributed by atoms with E-state index in [9.17, 15) is 13.2 Å². The van der Waals surface area contributed by atoms with Crippen LogP contribution in [0.15, 0.2) is 47.4 Å². The number of anilines is 1. The second kappa shape index (κ2) is 10.2. The third-order valence-electron chi connectivity index (χ3n) is 3.60. The maximum absolute atomic E-state index is 12.3. The lowest BCUT2D eigenvalue weighted by Crippen LogP contribution is -2.41. The van der Waals surface area contributed by atoms with Crippen LogP contribution in [0.3, 0.4) is 0 Å². The Kier molecular flexibility index (Phi) is 8.30. The van der Waals surface area contributed by atoms with E-state index >= 15 is 0 Å². The van der Waals surface area contributed by atoms with Crippen molar-refractivity contribution in [1.29, 1.82) is 0 Å². The fourth-order valence-electron chi connectivity index (χ4n) is 2.32. The number of amides is 1. The number of sulfonamides is 1. The van der Waals surface area contributed by atoms with Gasteiger partial charge in [-0.15, -0.1) is 11.8 Å². The van der Waals surface area contributed by atoms with Crippen molar-refractivity contribution in [2.24, 2.45) is 0 Å². The van der Waals surface area contributed by atoms with Crippen molar-refractivity contribution in [3.05, 3.63) is 52.5 Å². The maximum Gasteiger partial charge on any atom is 0.240 e. The Labute approximate surface area is 179 Å². The number of halogens is 2. The molecule has 0 saturated heterocycles. The number of thioether (sulfide) groups is 1. The number of hydrogen-bond donors (Lipinski definition) is 1. The van der Waals surface area contributed by atoms with Gasteiger partial charge in [0.25, 0.3) is 0 Å². The molecule has 6 nitrogen and oxygen atoms in total. The smallest absolute Gasteiger partial charge is 0.240 e. The van der Waals surface area contributed by atoms with E-state index in [1.54, 1.807) is 36.0 Å². The summed E-state index contributed by atoms with van der Waals surface area (Å²) in [7, 11) is -2.31. The van der Waals surface area contributed by atoms with Gasteiger partial charge in [-0.25, -0.2) is 8.42 Å². The lowest BCUT2D eigenvalue weighted by atomic mass is 10.3. The van der Waals surface area contributed by atoms with Gasteiger partial charge in [-0.2, -0.15) is 0 Å². The van der Waals surface area contributed by atoms with Crippen LogP contribution in [0.25, 0.3) is 0 Å². The number of hydrogen-bond acceptors (Lipinski definition) is 5. The Morgan fingerprint density at radius 1 is 1.14 bits per heavy atom. The van der Waals surface area contributed by atoms with Crippen LogP contribution >= 0.6 is 35.0 Å². The average molecular weight is 463 g/mol. The van der Waals surface area contributed by atoms with Crippen molar-refractivity contribution < 1.29 is 17.9 Å². The molecule has 0 radical (unpaired) electrons. The molecule has 2 aromatic rings. The Morgan fingerprint density at radius 3 is 2.39 bits per heavy atom. The van der Waals surface area contributed by atoms with Crippen LogP contribution in [0, 0.1) is 0 Å². The molecule has 28 heavy (non-hydrogen) atoms. The Morgan fingerprint density at radius 2 is 1.79 bits per heavy atom. The fourth-order valence-corrected chi connectivity index (χ4v) is 4.23. The first kappa shape index (κ1) is 22.7. The molecule has 0 atom stereocenters. The molecule has 1 N–H and O–H groups in total. The molecular formula is C18H20Cl2N2O4S2. The second-order valence-electron chi connectivity index (χ2n) is 5.74. The number of benzene rings is 2. The van der Waals surface area contributed by atoms with E-state index in [1.165, 1.54) is 13.2 Å². The summed E-state index contributed by atoms with van der Waals surface area (Å²) >= 11 is 13.4. The normalized spacial score (nSPS) is 11.1. The standard InChI is InChI=1S/C18H20Cl2N2O4S2/c1-26-17-8-5-14(20)11-16(17)22(28(2,24)25)12-18(23)21-9-10-27-15-6-3-13(19)4-7-15/h3-8,11H,9-10,12H2,1-2H3,(H,21,23). The number of nitrogens with zero attached hydrogens (tertiary/aromatic N) is 1. The molecule has 10 heteroatoms. The molecule has 152 valence electrons. The van der Waals surface area contributed by atoms with E-state index in [0.717, 1.165) is 15.5 Å². The largest absolute Gasteiger partial charge is 0.495 e. The zero-order valence-electron chi connectivity index (χ0n) is 15.3. The van der Waals surface area contributed by atoms with Crippen LogP contribution < -0.4 is 14.4 Å². The third-order valence-corrected chi connectivity index (χ3v) is 6.23. The lowest BCUT2D eigenvalue weighted by molar-refractivity contribution is -0.119. The molecule has 2 aromatic carbocycles. The molecule has 0 fully saturated rings. The molecule has 0 aliphatic carbocycles. The van der Waals surface area contributed by atoms with E-state index in [4.69, 9.17) is 27.9 Å². The zero-order valence-corrected chi connectivity index (χ0v) is 18.5. The quantitative estimate of drug-likeness (QED) is 0.454. The van der Waals surface area contributed by atoms with Gasteiger partial charge in [0.2, 0.25) is 15.9 Å². The summed E-state index contributed by atoms with van der Waals surface area (Å²) in [4.78, 5) is 13.3. The molecule has 0 heterocycles. The van der Waals surface area contributed by atoms with E-state index in [-0.39, 0.29) is 12.2 Å². The Bertz CT molecular complexity index is 922. The van der Waals surface area contributed by atoms with Gasteiger partial charge >= 0.3 is 0 Å². The zero-order chi connectivity index (χ0) is 20.7. The van der Waals surface area contributed by atoms with Crippen LogP contribution in [0.5, 0.6) is 5.75 Å². The third kappa shape index (κ3) is 6.77. The van der Waals surface area contributed by atoms with Crippen LogP contribution in [-0.4, -0.2) is 46.5 Å². The lowest BCUT2D eigenvalue weighted by Gasteiger charge is -2.24. The average Bonchev–Trinajstić information content (AvgIpc) is 2.64. The van der Waals surface area contributed by atoms with Gasteiger partial charge in [-0.1, -0.05) is 23.2 Å². The molecule has 0 bridgehead atoms. The minimum absolute atomic E-state index is 0.211. The minimum atomic E-state index is -3.72. The van der Waals surface area contributed by atoms with Gasteiger partial charge in [0.05, 0.1) is 19.1 Å². The van der Waals surface area contributed by atoms with Crippen LogP contribution in [0.2, 0.25) is 10.0 Å². The number of nitrogens with one attached hydrogen (secondary N) is 1. The number of carbonyl (C=O) groups is 1. The second-order valence-corrected chi connectivity index (χ2v) is 9.69. The summed E-state index contributed by atoms with van der Waals surface area (Å²) in [6, 6.07) is 12.0. The SMILES string of the molecule is COc1ccc(Cl)cc1N(CC(=O)NCCSc1ccc(Cl)cc1)S(C)(=O)=O. The van der Waals surface area contributed by atoms with E-state index < -0.39 is 15.9 Å². The first-order valence-electron chi connectivity index (χ1n) is 8.17. The predicted octanol–water partition coefficient (Wildman–Crippen LogP) is 3.68. The first-order valence-corrected chi connectivity index (χ1v) is 11.8. The minimum Gasteiger partial charge on any atom is -0.495 e. The highest BCUT2D eigenvalue weighted by molar-refractivity contribution is 7.99. The van der Waals surface area contributed by atoms with E-state index in [2.05, 4.69) is 5.32 Å². The van der Waals surface area contributed by atoms with E-state index in [1.807, 2.05) is 12.1 Å². The topological polar surface area (TPSA) is 75.7 Å². The van der Waals surface area contributed by atoms with Crippen LogP contribution in [-0.2, 0) is 14.8 Å². The van der Waals surface area contributed by atoms with Gasteiger partial charge in [0.1, 0.15) is 12.3 Å². The molecule has 0 unspecified atom stereocenters. The summed E-state index contributed by atoms with van der Waals surface area (Å²) < 4.78 is 30.6. The molecular weight excluding hydrogens is 443 g/mol. The van der Waals surface area contributed by atoms with Gasteiger partial charge in [-0.05, 0) is 42.5 Å². The number of carbonyl (C=O) groups excluding carboxylic acids is 1. The van der Waals surface area contributed by atoms with Crippen molar-refractivity contribution in [3.63, 3.8) is 0 Å². The molecule has 0 aliphatic heterocycles.